The molecule has 1 fully saturated rings. The first-order chi connectivity index (χ1) is 18.6. The van der Waals surface area contributed by atoms with Crippen LogP contribution in [0.4, 0.5) is 14.5 Å². The maximum absolute atomic E-state index is 15.2. The number of methoxy groups -OCH3 is 2. The number of hydrogen-bond acceptors (Lipinski definition) is 6. The molecule has 0 aliphatic carbocycles. The highest BCUT2D eigenvalue weighted by Crippen LogP contribution is 2.40. The van der Waals surface area contributed by atoms with Gasteiger partial charge < -0.3 is 19.3 Å². The molecular formula is C28H35ClF2N4O3S. The third-order valence-electron chi connectivity index (χ3n) is 6.52. The normalized spacial score (nSPS) is 18.6. The lowest BCUT2D eigenvalue weighted by molar-refractivity contribution is 0.231. The Morgan fingerprint density at radius 2 is 2.03 bits per heavy atom. The van der Waals surface area contributed by atoms with Gasteiger partial charge in [0.2, 0.25) is 0 Å². The number of aryl methyl sites for hydroxylation is 1. The fourth-order valence-corrected chi connectivity index (χ4v) is 5.68. The van der Waals surface area contributed by atoms with Crippen molar-refractivity contribution in [2.45, 2.75) is 31.3 Å². The van der Waals surface area contributed by atoms with Crippen LogP contribution in [-0.4, -0.2) is 62.8 Å². The van der Waals surface area contributed by atoms with Crippen LogP contribution in [0.3, 0.4) is 0 Å². The van der Waals surface area contributed by atoms with E-state index in [9.17, 15) is 8.60 Å². The van der Waals surface area contributed by atoms with Gasteiger partial charge in [-0.3, -0.25) is 9.71 Å². The summed E-state index contributed by atoms with van der Waals surface area (Å²) in [5.74, 6) is 0.0637. The quantitative estimate of drug-likeness (QED) is 0.206. The molecule has 39 heavy (non-hydrogen) atoms. The molecule has 212 valence electrons. The van der Waals surface area contributed by atoms with Gasteiger partial charge in [0.15, 0.2) is 22.8 Å². The molecular weight excluding hydrogens is 546 g/mol. The van der Waals surface area contributed by atoms with Crippen LogP contribution in [0.15, 0.2) is 58.3 Å². The second-order valence-corrected chi connectivity index (χ2v) is 11.1. The van der Waals surface area contributed by atoms with Crippen molar-refractivity contribution in [1.82, 2.24) is 9.62 Å². The Morgan fingerprint density at radius 3 is 2.67 bits per heavy atom. The molecule has 1 aliphatic rings. The van der Waals surface area contributed by atoms with Gasteiger partial charge in [0.1, 0.15) is 21.4 Å². The Morgan fingerprint density at radius 1 is 1.28 bits per heavy atom. The number of allylic oxidation sites excluding steroid dienone is 3. The maximum atomic E-state index is 15.2. The number of benzene rings is 2. The number of halogens is 3. The average molecular weight is 581 g/mol. The summed E-state index contributed by atoms with van der Waals surface area (Å²) in [5.41, 5.74) is 1.84. The number of anilines is 1. The zero-order valence-electron chi connectivity index (χ0n) is 23.0. The molecule has 1 N–H and O–H groups in total. The van der Waals surface area contributed by atoms with E-state index in [0.29, 0.717) is 35.2 Å². The van der Waals surface area contributed by atoms with Crippen molar-refractivity contribution in [2.24, 2.45) is 10.9 Å². The number of hydrogen-bond donors (Lipinski definition) is 1. The molecule has 2 aromatic carbocycles. The van der Waals surface area contributed by atoms with Gasteiger partial charge in [-0.15, -0.1) is 0 Å². The number of ether oxygens (including phenoxy) is 2. The summed E-state index contributed by atoms with van der Waals surface area (Å²) >= 11 is 6.35. The maximum Gasteiger partial charge on any atom is 0.199 e. The van der Waals surface area contributed by atoms with Crippen molar-refractivity contribution in [3.05, 3.63) is 70.4 Å². The van der Waals surface area contributed by atoms with E-state index >= 15 is 4.39 Å². The number of nitrogens with zero attached hydrogens (tertiary/aromatic N) is 3. The molecule has 3 unspecified atom stereocenters. The van der Waals surface area contributed by atoms with Gasteiger partial charge in [0.05, 0.1) is 26.5 Å². The van der Waals surface area contributed by atoms with E-state index in [1.54, 1.807) is 33.3 Å². The van der Waals surface area contributed by atoms with Crippen LogP contribution in [0.1, 0.15) is 18.1 Å². The first-order valence-corrected chi connectivity index (χ1v) is 13.9. The summed E-state index contributed by atoms with van der Waals surface area (Å²) < 4.78 is 55.1. The Kier molecular flexibility index (Phi) is 10.9. The lowest BCUT2D eigenvalue weighted by Gasteiger charge is -2.49. The smallest absolute Gasteiger partial charge is 0.199 e. The minimum atomic E-state index is -2.19. The van der Waals surface area contributed by atoms with E-state index in [1.807, 2.05) is 31.1 Å². The number of aliphatic imine (C=N–C) groups is 1. The van der Waals surface area contributed by atoms with Gasteiger partial charge in [-0.2, -0.15) is 4.39 Å². The summed E-state index contributed by atoms with van der Waals surface area (Å²) in [6, 6.07) is 7.32. The van der Waals surface area contributed by atoms with Crippen molar-refractivity contribution in [3.8, 4) is 11.5 Å². The predicted molar refractivity (Wildman–Crippen MR) is 155 cm³/mol. The van der Waals surface area contributed by atoms with Gasteiger partial charge in [0, 0.05) is 42.9 Å². The second kappa shape index (κ2) is 13.9. The van der Waals surface area contributed by atoms with E-state index in [2.05, 4.69) is 21.5 Å². The zero-order valence-corrected chi connectivity index (χ0v) is 24.6. The molecule has 7 nitrogen and oxygen atoms in total. The Labute approximate surface area is 236 Å². The Hall–Kier alpha value is -2.95. The summed E-state index contributed by atoms with van der Waals surface area (Å²) in [5, 5.41) is -0.116. The monoisotopic (exact) mass is 580 g/mol. The van der Waals surface area contributed by atoms with Gasteiger partial charge in [0.25, 0.3) is 0 Å². The molecule has 1 heterocycles. The van der Waals surface area contributed by atoms with Gasteiger partial charge in [-0.25, -0.2) is 8.60 Å². The molecule has 0 saturated carbocycles. The third-order valence-corrected chi connectivity index (χ3v) is 8.13. The summed E-state index contributed by atoms with van der Waals surface area (Å²) in [6.07, 6.45) is 5.50. The number of nitrogens with one attached hydrogen (secondary N) is 1. The van der Waals surface area contributed by atoms with Crippen LogP contribution < -0.4 is 19.1 Å². The first kappa shape index (κ1) is 30.6. The molecule has 11 heteroatoms. The molecule has 3 rings (SSSR count). The van der Waals surface area contributed by atoms with Crippen LogP contribution in [0.25, 0.3) is 0 Å². The van der Waals surface area contributed by atoms with Gasteiger partial charge in [-0.1, -0.05) is 17.7 Å². The second-order valence-electron chi connectivity index (χ2n) is 9.52. The predicted octanol–water partition coefficient (Wildman–Crippen LogP) is 5.44. The fraction of sp³-hybridized carbons (Fsp3) is 0.393. The van der Waals surface area contributed by atoms with Crippen molar-refractivity contribution in [1.29, 1.82) is 0 Å². The molecule has 1 saturated heterocycles. The van der Waals surface area contributed by atoms with E-state index in [1.165, 1.54) is 18.4 Å². The summed E-state index contributed by atoms with van der Waals surface area (Å²) in [4.78, 5) is 8.24. The molecule has 0 aromatic heterocycles. The lowest BCUT2D eigenvalue weighted by atomic mass is 9.88. The van der Waals surface area contributed by atoms with Crippen LogP contribution in [0.2, 0.25) is 5.02 Å². The van der Waals surface area contributed by atoms with Crippen LogP contribution in [0.5, 0.6) is 11.5 Å². The molecule has 2 aromatic rings. The minimum Gasteiger partial charge on any atom is -0.497 e. The Balaban J connectivity index is 1.61. The summed E-state index contributed by atoms with van der Waals surface area (Å²) in [6.45, 7) is 5.73. The van der Waals surface area contributed by atoms with Gasteiger partial charge in [-0.05, 0) is 63.9 Å². The van der Waals surface area contributed by atoms with E-state index < -0.39 is 22.8 Å². The van der Waals surface area contributed by atoms with Crippen molar-refractivity contribution < 1.29 is 22.5 Å². The average Bonchev–Trinajstić information content (AvgIpc) is 2.90. The lowest BCUT2D eigenvalue weighted by Crippen LogP contribution is -2.58. The molecule has 0 spiro atoms. The third kappa shape index (κ3) is 7.58. The van der Waals surface area contributed by atoms with E-state index in [4.69, 9.17) is 21.1 Å². The van der Waals surface area contributed by atoms with Crippen LogP contribution in [0, 0.1) is 18.7 Å². The van der Waals surface area contributed by atoms with Crippen molar-refractivity contribution in [3.63, 3.8) is 0 Å². The minimum absolute atomic E-state index is 0.116. The fourth-order valence-electron chi connectivity index (χ4n) is 4.40. The number of rotatable bonds is 12. The van der Waals surface area contributed by atoms with Gasteiger partial charge >= 0.3 is 0 Å². The standard InChI is InChI=1S/C28H35ClF2N4O3S/c1-18-13-23(35-17-21(19(35)2)16-34(3)4)26(29)27(31)28(18)39(36)33-25(30)9-7-8-12-32-15-20-10-11-22(37-5)14-24(20)38-6/h7-14,19,21,33H,15-17H2,1-6H3/b8-7-,25-9-,32-12?. The zero-order chi connectivity index (χ0) is 28.7. The SMILES string of the molecule is COc1ccc(CN=C/C=C\C=C(\F)NS(=O)c2c(C)cc(N3CC(CN(C)C)C3C)c(Cl)c2F)c(OC)c1. The topological polar surface area (TPSA) is 66.4 Å². The highest BCUT2D eigenvalue weighted by atomic mass is 35.5. The molecule has 0 radical (unpaired) electrons. The molecule has 0 amide bonds. The highest BCUT2D eigenvalue weighted by molar-refractivity contribution is 7.83. The summed E-state index contributed by atoms with van der Waals surface area (Å²) in [7, 11) is 4.99. The molecule has 3 atom stereocenters. The largest absolute Gasteiger partial charge is 0.497 e. The first-order valence-electron chi connectivity index (χ1n) is 12.4. The van der Waals surface area contributed by atoms with Crippen molar-refractivity contribution in [2.75, 3.05) is 46.3 Å². The Bertz CT molecular complexity index is 1290. The van der Waals surface area contributed by atoms with Crippen LogP contribution in [-0.2, 0) is 17.5 Å². The highest BCUT2D eigenvalue weighted by Gasteiger charge is 2.37. The van der Waals surface area contributed by atoms with Crippen molar-refractivity contribution >= 4 is 34.5 Å². The van der Waals surface area contributed by atoms with E-state index in [0.717, 1.165) is 24.7 Å². The van der Waals surface area contributed by atoms with Crippen LogP contribution >= 0.6 is 11.6 Å². The van der Waals surface area contributed by atoms with E-state index in [-0.39, 0.29) is 16.0 Å². The molecule has 0 bridgehead atoms. The molecule has 1 aliphatic heterocycles.